The molecule has 6 nitrogen and oxygen atoms in total. The van der Waals surface area contributed by atoms with Crippen molar-refractivity contribution in [1.82, 2.24) is 15.0 Å². The van der Waals surface area contributed by atoms with Crippen LogP contribution in [0.15, 0.2) is 0 Å². The first-order chi connectivity index (χ1) is 9.91. The van der Waals surface area contributed by atoms with Crippen molar-refractivity contribution in [1.29, 1.82) is 0 Å². The summed E-state index contributed by atoms with van der Waals surface area (Å²) in [4.78, 5) is 11.5. The zero-order valence-corrected chi connectivity index (χ0v) is 11.7. The molecular weight excluding hydrogens is 291 g/mol. The summed E-state index contributed by atoms with van der Waals surface area (Å²) in [6, 6.07) is 0. The van der Waals surface area contributed by atoms with Gasteiger partial charge in [-0.1, -0.05) is 18.1 Å². The second-order valence-electron chi connectivity index (χ2n) is 4.37. The number of nitrogens with zero attached hydrogens (tertiary/aromatic N) is 3. The molecule has 0 aromatic carbocycles. The molecule has 1 aromatic rings. The van der Waals surface area contributed by atoms with Crippen molar-refractivity contribution in [3.63, 3.8) is 0 Å². The van der Waals surface area contributed by atoms with Crippen LogP contribution in [0, 0.1) is 0 Å². The first-order valence-electron chi connectivity index (χ1n) is 6.70. The highest BCUT2D eigenvalue weighted by Crippen LogP contribution is 2.31. The lowest BCUT2D eigenvalue weighted by atomic mass is 10.2. The van der Waals surface area contributed by atoms with Crippen molar-refractivity contribution in [3.05, 3.63) is 11.4 Å². The highest BCUT2D eigenvalue weighted by molar-refractivity contribution is 5.88. The van der Waals surface area contributed by atoms with Gasteiger partial charge in [0.1, 0.15) is 0 Å². The van der Waals surface area contributed by atoms with Crippen LogP contribution in [0.2, 0.25) is 0 Å². The third-order valence-electron chi connectivity index (χ3n) is 2.75. The van der Waals surface area contributed by atoms with E-state index in [9.17, 15) is 18.0 Å². The van der Waals surface area contributed by atoms with Gasteiger partial charge < -0.3 is 9.84 Å². The normalized spacial score (nSPS) is 11.7. The quantitative estimate of drug-likeness (QED) is 0.587. The topological polar surface area (TPSA) is 77.2 Å². The molecule has 9 heteroatoms. The van der Waals surface area contributed by atoms with Crippen LogP contribution in [0.3, 0.4) is 0 Å². The number of aliphatic hydroxyl groups is 1. The molecule has 0 aliphatic rings. The Kier molecular flexibility index (Phi) is 6.60. The number of halogens is 3. The van der Waals surface area contributed by atoms with E-state index in [0.717, 1.165) is 6.42 Å². The van der Waals surface area contributed by atoms with Gasteiger partial charge in [0.2, 0.25) is 5.69 Å². The molecule has 1 N–H and O–H groups in total. The van der Waals surface area contributed by atoms with E-state index in [4.69, 9.17) is 5.11 Å². The molecule has 0 spiro atoms. The number of hydrogen-bond donors (Lipinski definition) is 1. The minimum Gasteiger partial charge on any atom is -0.461 e. The summed E-state index contributed by atoms with van der Waals surface area (Å²) in [5.74, 6) is -1.13. The van der Waals surface area contributed by atoms with Crippen LogP contribution in [-0.4, -0.2) is 39.3 Å². The molecule has 0 saturated carbocycles. The largest absolute Gasteiger partial charge is 0.461 e. The molecule has 0 fully saturated rings. The van der Waals surface area contributed by atoms with E-state index in [1.165, 1.54) is 6.92 Å². The fourth-order valence-corrected chi connectivity index (χ4v) is 1.81. The number of carbonyl (C=O) groups excluding carboxylic acids is 1. The maximum absolute atomic E-state index is 13.0. The van der Waals surface area contributed by atoms with Crippen LogP contribution in [0.25, 0.3) is 0 Å². The summed E-state index contributed by atoms with van der Waals surface area (Å²) in [5, 5.41) is 15.3. The van der Waals surface area contributed by atoms with Gasteiger partial charge in [0.05, 0.1) is 6.61 Å². The smallest absolute Gasteiger partial charge is 0.435 e. The van der Waals surface area contributed by atoms with E-state index < -0.39 is 23.5 Å². The molecule has 0 amide bonds. The first kappa shape index (κ1) is 17.4. The van der Waals surface area contributed by atoms with Gasteiger partial charge >= 0.3 is 12.1 Å². The summed E-state index contributed by atoms with van der Waals surface area (Å²) in [6.45, 7) is 1.53. The van der Waals surface area contributed by atoms with Crippen LogP contribution in [0.1, 0.15) is 48.8 Å². The zero-order chi connectivity index (χ0) is 15.9. The van der Waals surface area contributed by atoms with Crippen molar-refractivity contribution < 1.29 is 27.8 Å². The van der Waals surface area contributed by atoms with Gasteiger partial charge in [0, 0.05) is 13.2 Å². The monoisotopic (exact) mass is 309 g/mol. The molecular formula is C12H18F3N3O3. The Hall–Kier alpha value is -1.64. The lowest BCUT2D eigenvalue weighted by Crippen LogP contribution is -2.19. The number of aliphatic hydroxyl groups excluding tert-OH is 1. The van der Waals surface area contributed by atoms with Gasteiger partial charge in [0.25, 0.3) is 0 Å². The number of ether oxygens (including phenoxy) is 1. The van der Waals surface area contributed by atoms with Crippen molar-refractivity contribution in [2.24, 2.45) is 0 Å². The fourth-order valence-electron chi connectivity index (χ4n) is 1.81. The Morgan fingerprint density at radius 1 is 1.29 bits per heavy atom. The number of unbranched alkanes of at least 4 members (excludes halogenated alkanes) is 3. The van der Waals surface area contributed by atoms with Gasteiger partial charge in [-0.3, -0.25) is 0 Å². The highest BCUT2D eigenvalue weighted by Gasteiger charge is 2.41. The molecule has 120 valence electrons. The SMILES string of the molecule is CCOC(=O)c1nnn(CCCCCCO)c1C(F)(F)F. The van der Waals surface area contributed by atoms with E-state index in [-0.39, 0.29) is 19.8 Å². The Bertz CT molecular complexity index is 460. The number of hydrogen-bond acceptors (Lipinski definition) is 5. The standard InChI is InChI=1S/C12H18F3N3O3/c1-2-21-11(20)9-10(12(13,14)15)18(17-16-9)7-5-3-4-6-8-19/h19H,2-8H2,1H3. The van der Waals surface area contributed by atoms with Crippen LogP contribution in [-0.2, 0) is 17.5 Å². The molecule has 1 heterocycles. The average molecular weight is 309 g/mol. The van der Waals surface area contributed by atoms with Gasteiger partial charge in [-0.15, -0.1) is 5.10 Å². The fraction of sp³-hybridized carbons (Fsp3) is 0.750. The van der Waals surface area contributed by atoms with Gasteiger partial charge in [0.15, 0.2) is 5.69 Å². The predicted octanol–water partition coefficient (Wildman–Crippen LogP) is 2.03. The van der Waals surface area contributed by atoms with Crippen LogP contribution < -0.4 is 0 Å². The molecule has 0 bridgehead atoms. The number of aromatic nitrogens is 3. The van der Waals surface area contributed by atoms with E-state index in [1.54, 1.807) is 0 Å². The summed E-state index contributed by atoms with van der Waals surface area (Å²) < 4.78 is 44.3. The van der Waals surface area contributed by atoms with E-state index in [0.29, 0.717) is 23.9 Å². The van der Waals surface area contributed by atoms with Crippen molar-refractivity contribution in [2.45, 2.75) is 45.3 Å². The average Bonchev–Trinajstić information content (AvgIpc) is 2.83. The molecule has 0 aliphatic carbocycles. The Labute approximate surface area is 119 Å². The number of carbonyl (C=O) groups is 1. The molecule has 0 unspecified atom stereocenters. The molecule has 0 saturated heterocycles. The first-order valence-corrected chi connectivity index (χ1v) is 6.70. The summed E-state index contributed by atoms with van der Waals surface area (Å²) in [7, 11) is 0. The Morgan fingerprint density at radius 3 is 2.52 bits per heavy atom. The number of rotatable bonds is 8. The summed E-state index contributed by atoms with van der Waals surface area (Å²) in [5.41, 5.74) is -1.98. The van der Waals surface area contributed by atoms with E-state index in [2.05, 4.69) is 15.0 Å². The van der Waals surface area contributed by atoms with Gasteiger partial charge in [-0.05, 0) is 19.8 Å². The van der Waals surface area contributed by atoms with Crippen molar-refractivity contribution >= 4 is 5.97 Å². The maximum atomic E-state index is 13.0. The molecule has 0 atom stereocenters. The zero-order valence-electron chi connectivity index (χ0n) is 11.7. The minimum absolute atomic E-state index is 0.00662. The molecule has 0 aliphatic heterocycles. The molecule has 21 heavy (non-hydrogen) atoms. The Morgan fingerprint density at radius 2 is 1.95 bits per heavy atom. The lowest BCUT2D eigenvalue weighted by Gasteiger charge is -2.10. The number of esters is 1. The van der Waals surface area contributed by atoms with Gasteiger partial charge in [-0.2, -0.15) is 13.2 Å². The molecule has 1 aromatic heterocycles. The van der Waals surface area contributed by atoms with Crippen molar-refractivity contribution in [3.8, 4) is 0 Å². The molecule has 0 radical (unpaired) electrons. The van der Waals surface area contributed by atoms with Crippen molar-refractivity contribution in [2.75, 3.05) is 13.2 Å². The minimum atomic E-state index is -4.73. The van der Waals surface area contributed by atoms with Crippen LogP contribution in [0.5, 0.6) is 0 Å². The third kappa shape index (κ3) is 5.00. The highest BCUT2D eigenvalue weighted by atomic mass is 19.4. The predicted molar refractivity (Wildman–Crippen MR) is 66.5 cm³/mol. The molecule has 1 rings (SSSR count). The second kappa shape index (κ2) is 7.96. The third-order valence-corrected chi connectivity index (χ3v) is 2.75. The summed E-state index contributed by atoms with van der Waals surface area (Å²) in [6.07, 6.45) is -2.29. The second-order valence-corrected chi connectivity index (χ2v) is 4.37. The Balaban J connectivity index is 2.82. The van der Waals surface area contributed by atoms with Gasteiger partial charge in [-0.25, -0.2) is 9.48 Å². The van der Waals surface area contributed by atoms with E-state index >= 15 is 0 Å². The van der Waals surface area contributed by atoms with Crippen LogP contribution in [0.4, 0.5) is 13.2 Å². The van der Waals surface area contributed by atoms with E-state index in [1.807, 2.05) is 0 Å². The van der Waals surface area contributed by atoms with Crippen LogP contribution >= 0.6 is 0 Å². The number of aryl methyl sites for hydroxylation is 1. The summed E-state index contributed by atoms with van der Waals surface area (Å²) >= 11 is 0. The maximum Gasteiger partial charge on any atom is 0.435 e. The lowest BCUT2D eigenvalue weighted by molar-refractivity contribution is -0.144. The number of alkyl halides is 3.